The van der Waals surface area contributed by atoms with Crippen molar-refractivity contribution in [1.82, 2.24) is 14.9 Å². The Morgan fingerprint density at radius 2 is 1.86 bits per heavy atom. The van der Waals surface area contributed by atoms with Crippen molar-refractivity contribution in [3.63, 3.8) is 0 Å². The van der Waals surface area contributed by atoms with Crippen LogP contribution in [0.25, 0.3) is 11.1 Å². The third kappa shape index (κ3) is 3.99. The van der Waals surface area contributed by atoms with Crippen molar-refractivity contribution < 1.29 is 4.74 Å². The molecule has 1 aromatic heterocycles. The standard InChI is InChI=1S/C23H26N4O/c1-28-19-12-10-17(11-13-19)16-27-14-6-5-9-21(27)22-20(15-25-23(24)26-22)18-7-3-2-4-8-18/h2-4,7-8,10-13,15,21H,5-6,9,14,16H2,1H3,(H2,24,25,26). The maximum Gasteiger partial charge on any atom is 0.220 e. The van der Waals surface area contributed by atoms with Crippen LogP contribution in [0, 0.1) is 0 Å². The van der Waals surface area contributed by atoms with Gasteiger partial charge in [-0.1, -0.05) is 48.9 Å². The van der Waals surface area contributed by atoms with Crippen LogP contribution in [0.1, 0.15) is 36.6 Å². The van der Waals surface area contributed by atoms with Gasteiger partial charge in [-0.15, -0.1) is 0 Å². The molecule has 2 heterocycles. The fourth-order valence-corrected chi connectivity index (χ4v) is 3.96. The van der Waals surface area contributed by atoms with E-state index in [1.54, 1.807) is 7.11 Å². The number of benzene rings is 2. The average Bonchev–Trinajstić information content (AvgIpc) is 2.75. The lowest BCUT2D eigenvalue weighted by molar-refractivity contribution is 0.137. The number of hydrogen-bond donors (Lipinski definition) is 1. The van der Waals surface area contributed by atoms with Gasteiger partial charge in [0.15, 0.2) is 0 Å². The van der Waals surface area contributed by atoms with Crippen molar-refractivity contribution >= 4 is 5.95 Å². The fourth-order valence-electron chi connectivity index (χ4n) is 3.96. The Kier molecular flexibility index (Phi) is 5.53. The highest BCUT2D eigenvalue weighted by Crippen LogP contribution is 2.36. The summed E-state index contributed by atoms with van der Waals surface area (Å²) in [6.45, 7) is 1.93. The second kappa shape index (κ2) is 8.40. The zero-order valence-corrected chi connectivity index (χ0v) is 16.2. The lowest BCUT2D eigenvalue weighted by Gasteiger charge is -2.36. The van der Waals surface area contributed by atoms with E-state index in [9.17, 15) is 0 Å². The van der Waals surface area contributed by atoms with Crippen LogP contribution in [0.2, 0.25) is 0 Å². The number of methoxy groups -OCH3 is 1. The Hall–Kier alpha value is -2.92. The molecule has 4 rings (SSSR count). The van der Waals surface area contributed by atoms with Crippen molar-refractivity contribution in [2.24, 2.45) is 0 Å². The molecular weight excluding hydrogens is 348 g/mol. The zero-order chi connectivity index (χ0) is 19.3. The van der Waals surface area contributed by atoms with Crippen LogP contribution in [0.5, 0.6) is 5.75 Å². The molecule has 2 aromatic carbocycles. The van der Waals surface area contributed by atoms with E-state index in [0.717, 1.165) is 42.1 Å². The van der Waals surface area contributed by atoms with Gasteiger partial charge in [0.25, 0.3) is 0 Å². The smallest absolute Gasteiger partial charge is 0.220 e. The van der Waals surface area contributed by atoms with E-state index in [-0.39, 0.29) is 6.04 Å². The van der Waals surface area contributed by atoms with Gasteiger partial charge in [-0.25, -0.2) is 9.97 Å². The summed E-state index contributed by atoms with van der Waals surface area (Å²) in [5, 5.41) is 0. The molecule has 1 atom stereocenters. The third-order valence-corrected chi connectivity index (χ3v) is 5.40. The summed E-state index contributed by atoms with van der Waals surface area (Å²) in [5.74, 6) is 1.22. The van der Waals surface area contributed by atoms with E-state index in [2.05, 4.69) is 34.1 Å². The molecule has 3 aromatic rings. The number of anilines is 1. The van der Waals surface area contributed by atoms with Crippen molar-refractivity contribution in [2.75, 3.05) is 19.4 Å². The first-order valence-corrected chi connectivity index (χ1v) is 9.79. The van der Waals surface area contributed by atoms with Gasteiger partial charge < -0.3 is 10.5 Å². The van der Waals surface area contributed by atoms with Crippen molar-refractivity contribution in [3.05, 3.63) is 72.1 Å². The van der Waals surface area contributed by atoms with Gasteiger partial charge in [0.1, 0.15) is 5.75 Å². The molecule has 2 N–H and O–H groups in total. The predicted octanol–water partition coefficient (Wildman–Crippen LogP) is 4.46. The summed E-state index contributed by atoms with van der Waals surface area (Å²) < 4.78 is 5.28. The number of nitrogens with two attached hydrogens (primary N) is 1. The van der Waals surface area contributed by atoms with Crippen LogP contribution in [0.3, 0.4) is 0 Å². The number of ether oxygens (including phenoxy) is 1. The minimum Gasteiger partial charge on any atom is -0.497 e. The van der Waals surface area contributed by atoms with Crippen molar-refractivity contribution in [3.8, 4) is 16.9 Å². The molecule has 0 amide bonds. The topological polar surface area (TPSA) is 64.3 Å². The number of hydrogen-bond acceptors (Lipinski definition) is 5. The molecule has 0 saturated carbocycles. The predicted molar refractivity (Wildman–Crippen MR) is 112 cm³/mol. The number of nitrogens with zero attached hydrogens (tertiary/aromatic N) is 3. The van der Waals surface area contributed by atoms with E-state index in [0.29, 0.717) is 5.95 Å². The highest BCUT2D eigenvalue weighted by Gasteiger charge is 2.28. The van der Waals surface area contributed by atoms with Crippen LogP contribution in [0.4, 0.5) is 5.95 Å². The number of piperidine rings is 1. The zero-order valence-electron chi connectivity index (χ0n) is 16.2. The molecule has 5 heteroatoms. The monoisotopic (exact) mass is 374 g/mol. The molecule has 5 nitrogen and oxygen atoms in total. The molecule has 0 bridgehead atoms. The SMILES string of the molecule is COc1ccc(CN2CCCCC2c2nc(N)ncc2-c2ccccc2)cc1. The summed E-state index contributed by atoms with van der Waals surface area (Å²) in [5.41, 5.74) is 10.5. The molecule has 0 aliphatic carbocycles. The summed E-state index contributed by atoms with van der Waals surface area (Å²) in [7, 11) is 1.69. The molecule has 1 aliphatic rings. The van der Waals surface area contributed by atoms with E-state index in [4.69, 9.17) is 15.5 Å². The van der Waals surface area contributed by atoms with Gasteiger partial charge in [0.2, 0.25) is 5.95 Å². The molecule has 0 spiro atoms. The lowest BCUT2D eigenvalue weighted by Crippen LogP contribution is -2.34. The third-order valence-electron chi connectivity index (χ3n) is 5.40. The van der Waals surface area contributed by atoms with Gasteiger partial charge >= 0.3 is 0 Å². The van der Waals surface area contributed by atoms with Crippen LogP contribution in [-0.4, -0.2) is 28.5 Å². The van der Waals surface area contributed by atoms with Crippen molar-refractivity contribution in [2.45, 2.75) is 31.8 Å². The summed E-state index contributed by atoms with van der Waals surface area (Å²) in [6, 6.07) is 18.9. The first-order valence-electron chi connectivity index (χ1n) is 9.79. The molecule has 1 aliphatic heterocycles. The summed E-state index contributed by atoms with van der Waals surface area (Å²) in [6.07, 6.45) is 5.34. The first-order chi connectivity index (χ1) is 13.7. The quantitative estimate of drug-likeness (QED) is 0.714. The highest BCUT2D eigenvalue weighted by atomic mass is 16.5. The van der Waals surface area contributed by atoms with E-state index < -0.39 is 0 Å². The largest absolute Gasteiger partial charge is 0.497 e. The molecule has 1 unspecified atom stereocenters. The number of rotatable bonds is 5. The van der Waals surface area contributed by atoms with E-state index in [1.807, 2.05) is 36.5 Å². The summed E-state index contributed by atoms with van der Waals surface area (Å²) >= 11 is 0. The molecule has 28 heavy (non-hydrogen) atoms. The normalized spacial score (nSPS) is 17.4. The average molecular weight is 374 g/mol. The number of aromatic nitrogens is 2. The minimum absolute atomic E-state index is 0.233. The van der Waals surface area contributed by atoms with Gasteiger partial charge in [-0.2, -0.15) is 0 Å². The Balaban J connectivity index is 1.66. The van der Waals surface area contributed by atoms with Gasteiger partial charge in [-0.05, 0) is 42.6 Å². The van der Waals surface area contributed by atoms with Crippen LogP contribution >= 0.6 is 0 Å². The maximum atomic E-state index is 5.99. The second-order valence-electron chi connectivity index (χ2n) is 7.22. The van der Waals surface area contributed by atoms with Gasteiger partial charge in [-0.3, -0.25) is 4.90 Å². The highest BCUT2D eigenvalue weighted by molar-refractivity contribution is 5.66. The molecule has 1 saturated heterocycles. The Morgan fingerprint density at radius 1 is 1.07 bits per heavy atom. The first kappa shape index (κ1) is 18.4. The van der Waals surface area contributed by atoms with Crippen molar-refractivity contribution in [1.29, 1.82) is 0 Å². The molecule has 1 fully saturated rings. The second-order valence-corrected chi connectivity index (χ2v) is 7.22. The molecule has 0 radical (unpaired) electrons. The van der Waals surface area contributed by atoms with Crippen LogP contribution < -0.4 is 10.5 Å². The Labute approximate surface area is 166 Å². The van der Waals surface area contributed by atoms with Gasteiger partial charge in [0, 0.05) is 18.3 Å². The summed E-state index contributed by atoms with van der Waals surface area (Å²) in [4.78, 5) is 11.5. The van der Waals surface area contributed by atoms with E-state index in [1.165, 1.54) is 18.4 Å². The Bertz CT molecular complexity index is 912. The fraction of sp³-hybridized carbons (Fsp3) is 0.304. The Morgan fingerprint density at radius 3 is 2.61 bits per heavy atom. The van der Waals surface area contributed by atoms with E-state index >= 15 is 0 Å². The number of likely N-dealkylation sites (tertiary alicyclic amines) is 1. The molecule has 144 valence electrons. The number of nitrogen functional groups attached to an aromatic ring is 1. The van der Waals surface area contributed by atoms with Crippen LogP contribution in [-0.2, 0) is 6.54 Å². The molecular formula is C23H26N4O. The lowest BCUT2D eigenvalue weighted by atomic mass is 9.93. The maximum absolute atomic E-state index is 5.99. The van der Waals surface area contributed by atoms with Crippen LogP contribution in [0.15, 0.2) is 60.8 Å². The minimum atomic E-state index is 0.233. The van der Waals surface area contributed by atoms with Gasteiger partial charge in [0.05, 0.1) is 18.8 Å².